The molecule has 0 unspecified atom stereocenters. The predicted molar refractivity (Wildman–Crippen MR) is 131 cm³/mol. The van der Waals surface area contributed by atoms with E-state index in [1.807, 2.05) is 24.3 Å². The summed E-state index contributed by atoms with van der Waals surface area (Å²) in [6.07, 6.45) is 19.5. The molecule has 0 aliphatic carbocycles. The van der Waals surface area contributed by atoms with E-state index in [0.29, 0.717) is 6.61 Å². The summed E-state index contributed by atoms with van der Waals surface area (Å²) in [6.45, 7) is 2.87. The molecule has 0 aliphatic rings. The van der Waals surface area contributed by atoms with Gasteiger partial charge in [0.25, 0.3) is 0 Å². The third kappa shape index (κ3) is 11.3. The molecular formula is C28H43NO. The van der Waals surface area contributed by atoms with Gasteiger partial charge in [0.05, 0.1) is 0 Å². The lowest BCUT2D eigenvalue weighted by atomic mass is 10.0. The first-order valence-corrected chi connectivity index (χ1v) is 12.3. The highest BCUT2D eigenvalue weighted by atomic mass is 16.5. The molecule has 0 atom stereocenters. The van der Waals surface area contributed by atoms with Gasteiger partial charge in [-0.05, 0) is 48.2 Å². The molecule has 166 valence electrons. The van der Waals surface area contributed by atoms with E-state index in [2.05, 4.69) is 31.2 Å². The van der Waals surface area contributed by atoms with Crippen LogP contribution >= 0.6 is 0 Å². The fourth-order valence-electron chi connectivity index (χ4n) is 3.88. The molecule has 2 nitrogen and oxygen atoms in total. The number of hydrogen-bond donors (Lipinski definition) is 1. The number of aryl methyl sites for hydroxylation is 1. The van der Waals surface area contributed by atoms with Gasteiger partial charge in [-0.2, -0.15) is 0 Å². The standard InChI is InChI=1S/C28H43NO/c1-2-3-4-5-6-7-8-9-10-11-12-13-14-15-25-18-22-28(23-19-25)30-24-26-16-20-27(29)21-17-26/h16-23H,2-15,24,29H2,1H3. The van der Waals surface area contributed by atoms with E-state index < -0.39 is 0 Å². The van der Waals surface area contributed by atoms with Gasteiger partial charge in [-0.3, -0.25) is 0 Å². The van der Waals surface area contributed by atoms with Crippen LogP contribution in [0.25, 0.3) is 0 Å². The third-order valence-electron chi connectivity index (χ3n) is 5.88. The van der Waals surface area contributed by atoms with Gasteiger partial charge in [-0.1, -0.05) is 108 Å². The van der Waals surface area contributed by atoms with Crippen molar-refractivity contribution in [1.82, 2.24) is 0 Å². The lowest BCUT2D eigenvalue weighted by Crippen LogP contribution is -1.96. The van der Waals surface area contributed by atoms with Gasteiger partial charge in [0.15, 0.2) is 0 Å². The minimum atomic E-state index is 0.582. The summed E-state index contributed by atoms with van der Waals surface area (Å²) in [5, 5.41) is 0. The van der Waals surface area contributed by atoms with Gasteiger partial charge in [0.1, 0.15) is 12.4 Å². The van der Waals surface area contributed by atoms with E-state index in [1.165, 1.54) is 95.5 Å². The summed E-state index contributed by atoms with van der Waals surface area (Å²) in [4.78, 5) is 0. The van der Waals surface area contributed by atoms with Gasteiger partial charge >= 0.3 is 0 Å². The number of anilines is 1. The molecule has 2 rings (SSSR count). The van der Waals surface area contributed by atoms with Crippen LogP contribution in [0, 0.1) is 0 Å². The van der Waals surface area contributed by atoms with Crippen molar-refractivity contribution in [3.8, 4) is 5.75 Å². The number of unbranched alkanes of at least 4 members (excludes halogenated alkanes) is 12. The van der Waals surface area contributed by atoms with Crippen LogP contribution in [-0.2, 0) is 13.0 Å². The lowest BCUT2D eigenvalue weighted by molar-refractivity contribution is 0.306. The smallest absolute Gasteiger partial charge is 0.119 e. The zero-order valence-corrected chi connectivity index (χ0v) is 19.2. The molecule has 2 N–H and O–H groups in total. The van der Waals surface area contributed by atoms with Crippen molar-refractivity contribution in [2.45, 2.75) is 103 Å². The highest BCUT2D eigenvalue weighted by Gasteiger charge is 1.99. The van der Waals surface area contributed by atoms with Crippen LogP contribution in [0.3, 0.4) is 0 Å². The Labute approximate surface area is 185 Å². The molecule has 0 spiro atoms. The molecule has 2 aromatic carbocycles. The maximum absolute atomic E-state index is 5.87. The summed E-state index contributed by atoms with van der Waals surface area (Å²) >= 11 is 0. The quantitative estimate of drug-likeness (QED) is 0.210. The highest BCUT2D eigenvalue weighted by molar-refractivity contribution is 5.39. The van der Waals surface area contributed by atoms with Crippen LogP contribution < -0.4 is 10.5 Å². The molecule has 2 heteroatoms. The highest BCUT2D eigenvalue weighted by Crippen LogP contribution is 2.17. The van der Waals surface area contributed by atoms with Crippen LogP contribution in [-0.4, -0.2) is 0 Å². The van der Waals surface area contributed by atoms with Gasteiger partial charge in [0, 0.05) is 5.69 Å². The Morgan fingerprint density at radius 2 is 1.03 bits per heavy atom. The Morgan fingerprint density at radius 3 is 1.57 bits per heavy atom. The molecular weight excluding hydrogens is 366 g/mol. The number of ether oxygens (including phenoxy) is 1. The van der Waals surface area contributed by atoms with Gasteiger partial charge in [0.2, 0.25) is 0 Å². The minimum Gasteiger partial charge on any atom is -0.489 e. The van der Waals surface area contributed by atoms with Crippen LogP contribution in [0.2, 0.25) is 0 Å². The first kappa shape index (κ1) is 24.3. The molecule has 0 aromatic heterocycles. The maximum atomic E-state index is 5.87. The van der Waals surface area contributed by atoms with Gasteiger partial charge in [-0.15, -0.1) is 0 Å². The van der Waals surface area contributed by atoms with Crippen LogP contribution in [0.4, 0.5) is 5.69 Å². The molecule has 0 amide bonds. The normalized spacial score (nSPS) is 11.0. The fraction of sp³-hybridized carbons (Fsp3) is 0.571. The monoisotopic (exact) mass is 409 g/mol. The molecule has 0 saturated heterocycles. The first-order chi connectivity index (χ1) is 14.8. The topological polar surface area (TPSA) is 35.2 Å². The Bertz CT molecular complexity index is 647. The SMILES string of the molecule is CCCCCCCCCCCCCCCc1ccc(OCc2ccc(N)cc2)cc1. The summed E-state index contributed by atoms with van der Waals surface area (Å²) in [5.41, 5.74) is 9.06. The number of nitrogens with two attached hydrogens (primary N) is 1. The molecule has 0 radical (unpaired) electrons. The fourth-order valence-corrected chi connectivity index (χ4v) is 3.88. The van der Waals surface area contributed by atoms with Crippen molar-refractivity contribution in [1.29, 1.82) is 0 Å². The molecule has 0 heterocycles. The van der Waals surface area contributed by atoms with E-state index in [9.17, 15) is 0 Å². The van der Waals surface area contributed by atoms with Crippen molar-refractivity contribution in [2.24, 2.45) is 0 Å². The largest absolute Gasteiger partial charge is 0.489 e. The van der Waals surface area contributed by atoms with E-state index in [1.54, 1.807) is 0 Å². The van der Waals surface area contributed by atoms with E-state index in [0.717, 1.165) is 17.0 Å². The maximum Gasteiger partial charge on any atom is 0.119 e. The van der Waals surface area contributed by atoms with Crippen molar-refractivity contribution < 1.29 is 4.74 Å². The number of hydrogen-bond acceptors (Lipinski definition) is 2. The second-order valence-corrected chi connectivity index (χ2v) is 8.67. The second-order valence-electron chi connectivity index (χ2n) is 8.67. The average Bonchev–Trinajstić information content (AvgIpc) is 2.77. The molecule has 0 aliphatic heterocycles. The van der Waals surface area contributed by atoms with E-state index >= 15 is 0 Å². The Morgan fingerprint density at radius 1 is 0.567 bits per heavy atom. The zero-order valence-electron chi connectivity index (χ0n) is 19.2. The van der Waals surface area contributed by atoms with Crippen LogP contribution in [0.15, 0.2) is 48.5 Å². The Balaban J connectivity index is 1.44. The molecule has 0 fully saturated rings. The summed E-state index contributed by atoms with van der Waals surface area (Å²) in [6, 6.07) is 16.5. The van der Waals surface area contributed by atoms with Crippen molar-refractivity contribution >= 4 is 5.69 Å². The van der Waals surface area contributed by atoms with Crippen molar-refractivity contribution in [3.05, 3.63) is 59.7 Å². The van der Waals surface area contributed by atoms with Crippen molar-refractivity contribution in [2.75, 3.05) is 5.73 Å². The molecule has 2 aromatic rings. The van der Waals surface area contributed by atoms with Crippen molar-refractivity contribution in [3.63, 3.8) is 0 Å². The van der Waals surface area contributed by atoms with Crippen LogP contribution in [0.5, 0.6) is 5.75 Å². The number of nitrogen functional groups attached to an aromatic ring is 1. The predicted octanol–water partition coefficient (Wildman–Crippen LogP) is 8.48. The third-order valence-corrected chi connectivity index (χ3v) is 5.88. The van der Waals surface area contributed by atoms with Crippen LogP contribution in [0.1, 0.15) is 102 Å². The van der Waals surface area contributed by atoms with Gasteiger partial charge < -0.3 is 10.5 Å². The van der Waals surface area contributed by atoms with E-state index in [4.69, 9.17) is 10.5 Å². The molecule has 30 heavy (non-hydrogen) atoms. The zero-order chi connectivity index (χ0) is 21.3. The Hall–Kier alpha value is -1.96. The molecule has 0 saturated carbocycles. The number of rotatable bonds is 17. The van der Waals surface area contributed by atoms with E-state index in [-0.39, 0.29) is 0 Å². The van der Waals surface area contributed by atoms with Gasteiger partial charge in [-0.25, -0.2) is 0 Å². The summed E-state index contributed by atoms with van der Waals surface area (Å²) in [5.74, 6) is 0.931. The lowest BCUT2D eigenvalue weighted by Gasteiger charge is -2.08. The summed E-state index contributed by atoms with van der Waals surface area (Å²) in [7, 11) is 0. The Kier molecular flexibility index (Phi) is 12.8. The summed E-state index contributed by atoms with van der Waals surface area (Å²) < 4.78 is 5.87. The number of benzene rings is 2. The minimum absolute atomic E-state index is 0.582. The first-order valence-electron chi connectivity index (χ1n) is 12.3. The average molecular weight is 410 g/mol. The molecule has 0 bridgehead atoms. The second kappa shape index (κ2) is 15.8.